The van der Waals surface area contributed by atoms with Gasteiger partial charge in [0.15, 0.2) is 0 Å². The lowest BCUT2D eigenvalue weighted by atomic mass is 10.1. The number of hydrogen-bond acceptors (Lipinski definition) is 4. The molecular weight excluding hydrogens is 280 g/mol. The Bertz CT molecular complexity index is 514. The largest absolute Gasteiger partial charge is 0.491 e. The van der Waals surface area contributed by atoms with Crippen molar-refractivity contribution in [3.8, 4) is 5.75 Å². The lowest BCUT2D eigenvalue weighted by Gasteiger charge is -2.32. The third kappa shape index (κ3) is 3.78. The molecule has 2 saturated heterocycles. The summed E-state index contributed by atoms with van der Waals surface area (Å²) in [6.07, 6.45) is 2.35. The van der Waals surface area contributed by atoms with Crippen LogP contribution in [0.5, 0.6) is 5.75 Å². The summed E-state index contributed by atoms with van der Waals surface area (Å²) in [5.41, 5.74) is 0.693. The van der Waals surface area contributed by atoms with E-state index in [-0.39, 0.29) is 12.0 Å². The molecule has 2 fully saturated rings. The lowest BCUT2D eigenvalue weighted by Crippen LogP contribution is -2.51. The number of hydrogen-bond donors (Lipinski definition) is 1. The van der Waals surface area contributed by atoms with Crippen LogP contribution >= 0.6 is 0 Å². The summed E-state index contributed by atoms with van der Waals surface area (Å²) < 4.78 is 11.3. The Labute approximate surface area is 131 Å². The van der Waals surface area contributed by atoms with E-state index in [4.69, 9.17) is 9.47 Å². The van der Waals surface area contributed by atoms with E-state index in [1.807, 2.05) is 29.2 Å². The molecule has 0 bridgehead atoms. The minimum absolute atomic E-state index is 0.0796. The summed E-state index contributed by atoms with van der Waals surface area (Å²) in [6.45, 7) is 5.84. The fourth-order valence-electron chi connectivity index (χ4n) is 2.98. The van der Waals surface area contributed by atoms with Crippen molar-refractivity contribution in [1.82, 2.24) is 10.2 Å². The molecule has 22 heavy (non-hydrogen) atoms. The van der Waals surface area contributed by atoms with Crippen LogP contribution in [0.15, 0.2) is 24.3 Å². The third-order valence-electron chi connectivity index (χ3n) is 4.20. The van der Waals surface area contributed by atoms with E-state index in [1.165, 1.54) is 0 Å². The van der Waals surface area contributed by atoms with Crippen LogP contribution in [-0.2, 0) is 4.74 Å². The zero-order chi connectivity index (χ0) is 15.4. The van der Waals surface area contributed by atoms with Gasteiger partial charge < -0.3 is 19.7 Å². The zero-order valence-electron chi connectivity index (χ0n) is 13.1. The van der Waals surface area contributed by atoms with E-state index in [2.05, 4.69) is 12.2 Å². The molecular formula is C17H24N2O3. The number of nitrogens with one attached hydrogen (secondary N) is 1. The maximum atomic E-state index is 12.6. The highest BCUT2D eigenvalue weighted by Crippen LogP contribution is 2.18. The van der Waals surface area contributed by atoms with E-state index in [1.54, 1.807) is 0 Å². The number of nitrogens with zero attached hydrogens (tertiary/aromatic N) is 1. The van der Waals surface area contributed by atoms with Crippen molar-refractivity contribution in [3.63, 3.8) is 0 Å². The molecule has 0 unspecified atom stereocenters. The monoisotopic (exact) mass is 304 g/mol. The topological polar surface area (TPSA) is 50.8 Å². The summed E-state index contributed by atoms with van der Waals surface area (Å²) in [4.78, 5) is 14.5. The number of piperazine rings is 1. The van der Waals surface area contributed by atoms with Gasteiger partial charge in [-0.3, -0.25) is 4.79 Å². The van der Waals surface area contributed by atoms with Crippen molar-refractivity contribution in [2.24, 2.45) is 0 Å². The van der Waals surface area contributed by atoms with Crippen molar-refractivity contribution in [3.05, 3.63) is 29.8 Å². The van der Waals surface area contributed by atoms with Crippen LogP contribution in [0.25, 0.3) is 0 Å². The number of amides is 1. The van der Waals surface area contributed by atoms with Crippen LogP contribution < -0.4 is 10.1 Å². The molecule has 0 aliphatic carbocycles. The quantitative estimate of drug-likeness (QED) is 0.919. The molecule has 5 heteroatoms. The van der Waals surface area contributed by atoms with Crippen molar-refractivity contribution in [2.75, 3.05) is 32.8 Å². The molecule has 0 radical (unpaired) electrons. The summed E-state index contributed by atoms with van der Waals surface area (Å²) in [5, 5.41) is 3.35. The first-order valence-electron chi connectivity index (χ1n) is 8.09. The van der Waals surface area contributed by atoms with Gasteiger partial charge in [0.2, 0.25) is 0 Å². The van der Waals surface area contributed by atoms with E-state index in [0.29, 0.717) is 18.2 Å². The van der Waals surface area contributed by atoms with Gasteiger partial charge in [-0.2, -0.15) is 0 Å². The average molecular weight is 304 g/mol. The van der Waals surface area contributed by atoms with Crippen molar-refractivity contribution in [1.29, 1.82) is 0 Å². The second kappa shape index (κ2) is 7.11. The second-order valence-electron chi connectivity index (χ2n) is 6.08. The van der Waals surface area contributed by atoms with Gasteiger partial charge in [-0.15, -0.1) is 0 Å². The van der Waals surface area contributed by atoms with Gasteiger partial charge in [-0.1, -0.05) is 6.07 Å². The van der Waals surface area contributed by atoms with Crippen LogP contribution in [0.1, 0.15) is 30.1 Å². The minimum atomic E-state index is 0.0796. The zero-order valence-corrected chi connectivity index (χ0v) is 13.1. The molecule has 3 rings (SSSR count). The number of ether oxygens (including phenoxy) is 2. The summed E-state index contributed by atoms with van der Waals surface area (Å²) in [6, 6.07) is 7.81. The highest BCUT2D eigenvalue weighted by Gasteiger charge is 2.22. The van der Waals surface area contributed by atoms with Crippen LogP contribution in [0.3, 0.4) is 0 Å². The van der Waals surface area contributed by atoms with Crippen molar-refractivity contribution in [2.45, 2.75) is 31.9 Å². The van der Waals surface area contributed by atoms with Gasteiger partial charge in [0, 0.05) is 37.8 Å². The molecule has 2 atom stereocenters. The average Bonchev–Trinajstić information content (AvgIpc) is 3.06. The highest BCUT2D eigenvalue weighted by molar-refractivity contribution is 5.94. The van der Waals surface area contributed by atoms with Gasteiger partial charge in [0.1, 0.15) is 12.4 Å². The molecule has 0 spiro atoms. The molecule has 2 heterocycles. The normalized spacial score (nSPS) is 25.2. The van der Waals surface area contributed by atoms with Gasteiger partial charge in [0.05, 0.1) is 6.10 Å². The van der Waals surface area contributed by atoms with Crippen LogP contribution in [0, 0.1) is 0 Å². The highest BCUT2D eigenvalue weighted by atomic mass is 16.5. The molecule has 1 aromatic rings. The first-order valence-corrected chi connectivity index (χ1v) is 8.09. The fraction of sp³-hybridized carbons (Fsp3) is 0.588. The second-order valence-corrected chi connectivity index (χ2v) is 6.08. The van der Waals surface area contributed by atoms with E-state index in [0.717, 1.165) is 44.8 Å². The van der Waals surface area contributed by atoms with Gasteiger partial charge in [0.25, 0.3) is 5.91 Å². The maximum Gasteiger partial charge on any atom is 0.254 e. The molecule has 1 aromatic carbocycles. The summed E-state index contributed by atoms with van der Waals surface area (Å²) >= 11 is 0. The fourth-order valence-corrected chi connectivity index (χ4v) is 2.98. The van der Waals surface area contributed by atoms with Crippen LogP contribution in [0.4, 0.5) is 0 Å². The minimum Gasteiger partial charge on any atom is -0.491 e. The molecule has 0 saturated carbocycles. The molecule has 1 amide bonds. The third-order valence-corrected chi connectivity index (χ3v) is 4.20. The predicted octanol–water partition coefficient (Wildman–Crippen LogP) is 1.68. The van der Waals surface area contributed by atoms with Gasteiger partial charge >= 0.3 is 0 Å². The molecule has 5 nitrogen and oxygen atoms in total. The van der Waals surface area contributed by atoms with Gasteiger partial charge in [-0.25, -0.2) is 0 Å². The smallest absolute Gasteiger partial charge is 0.254 e. The SMILES string of the molecule is C[C@H]1CN(C(=O)c2cccc(OC[C@@H]3CCCO3)c2)CCN1. The molecule has 120 valence electrons. The van der Waals surface area contributed by atoms with Crippen molar-refractivity contribution < 1.29 is 14.3 Å². The number of rotatable bonds is 4. The molecule has 0 aromatic heterocycles. The number of benzene rings is 1. The van der Waals surface area contributed by atoms with Crippen LogP contribution in [-0.4, -0.2) is 55.8 Å². The van der Waals surface area contributed by atoms with E-state index >= 15 is 0 Å². The maximum absolute atomic E-state index is 12.6. The van der Waals surface area contributed by atoms with E-state index in [9.17, 15) is 4.79 Å². The van der Waals surface area contributed by atoms with Gasteiger partial charge in [-0.05, 0) is 38.0 Å². The lowest BCUT2D eigenvalue weighted by molar-refractivity contribution is 0.0674. The van der Waals surface area contributed by atoms with E-state index < -0.39 is 0 Å². The summed E-state index contributed by atoms with van der Waals surface area (Å²) in [5.74, 6) is 0.820. The Morgan fingerprint density at radius 3 is 3.18 bits per heavy atom. The Morgan fingerprint density at radius 2 is 2.41 bits per heavy atom. The van der Waals surface area contributed by atoms with Crippen LogP contribution in [0.2, 0.25) is 0 Å². The molecule has 2 aliphatic rings. The predicted molar refractivity (Wildman–Crippen MR) is 84.3 cm³/mol. The summed E-state index contributed by atoms with van der Waals surface area (Å²) in [7, 11) is 0. The number of carbonyl (C=O) groups excluding carboxylic acids is 1. The van der Waals surface area contributed by atoms with Crippen molar-refractivity contribution >= 4 is 5.91 Å². The standard InChI is InChI=1S/C17H24N2O3/c1-13-11-19(8-7-18-13)17(20)14-4-2-5-15(10-14)22-12-16-6-3-9-21-16/h2,4-5,10,13,16,18H,3,6-9,11-12H2,1H3/t13-,16-/m0/s1. The first kappa shape index (κ1) is 15.3. The Kier molecular flexibility index (Phi) is 4.95. The Balaban J connectivity index is 1.61. The molecule has 1 N–H and O–H groups in total. The Hall–Kier alpha value is -1.59. The Morgan fingerprint density at radius 1 is 1.50 bits per heavy atom. The molecule has 2 aliphatic heterocycles. The number of carbonyl (C=O) groups is 1. The first-order chi connectivity index (χ1) is 10.7.